The third kappa shape index (κ3) is 5.82. The van der Waals surface area contributed by atoms with Crippen molar-refractivity contribution < 1.29 is 19.7 Å². The molecule has 0 radical (unpaired) electrons. The van der Waals surface area contributed by atoms with E-state index < -0.39 is 18.2 Å². The Morgan fingerprint density at radius 3 is 2.45 bits per heavy atom. The van der Waals surface area contributed by atoms with Gasteiger partial charge in [-0.15, -0.1) is 0 Å². The van der Waals surface area contributed by atoms with Gasteiger partial charge in [0, 0.05) is 0 Å². The monoisotopic (exact) mass is 162 g/mol. The highest BCUT2D eigenvalue weighted by molar-refractivity contribution is 5.69. The maximum Gasteiger partial charge on any atom is 0.308 e. The molecule has 0 aromatic carbocycles. The Balaban J connectivity index is 3.51. The number of ether oxygens (including phenoxy) is 1. The van der Waals surface area contributed by atoms with Crippen LogP contribution in [0.4, 0.5) is 0 Å². The van der Waals surface area contributed by atoms with Crippen molar-refractivity contribution in [1.82, 2.24) is 0 Å². The second kappa shape index (κ2) is 5.09. The lowest BCUT2D eigenvalue weighted by molar-refractivity contribution is -0.143. The third-order valence-electron chi connectivity index (χ3n) is 1.24. The van der Waals surface area contributed by atoms with Gasteiger partial charge >= 0.3 is 5.97 Å². The number of aliphatic hydroxyl groups is 2. The molecule has 0 heterocycles. The molecule has 0 bridgehead atoms. The Morgan fingerprint density at radius 1 is 1.55 bits per heavy atom. The van der Waals surface area contributed by atoms with Crippen LogP contribution in [0, 0.1) is 0 Å². The fraction of sp³-hybridized carbons (Fsp3) is 0.857. The van der Waals surface area contributed by atoms with Crippen LogP contribution in [0.2, 0.25) is 0 Å². The number of aliphatic hydroxyl groups excluding tert-OH is 2. The molecule has 0 rings (SSSR count). The van der Waals surface area contributed by atoms with Crippen molar-refractivity contribution >= 4 is 5.97 Å². The van der Waals surface area contributed by atoms with Crippen molar-refractivity contribution in [2.24, 2.45) is 0 Å². The summed E-state index contributed by atoms with van der Waals surface area (Å²) in [5.41, 5.74) is 0. The van der Waals surface area contributed by atoms with E-state index in [2.05, 4.69) is 4.74 Å². The number of carbonyl (C=O) groups excluding carboxylic acids is 1. The molecule has 2 N–H and O–H groups in total. The van der Waals surface area contributed by atoms with E-state index in [9.17, 15) is 4.79 Å². The molecule has 0 aromatic heterocycles. The molecule has 0 aliphatic rings. The highest BCUT2D eigenvalue weighted by atomic mass is 16.5. The molecule has 2 atom stereocenters. The van der Waals surface area contributed by atoms with Gasteiger partial charge in [-0.05, 0) is 13.3 Å². The minimum atomic E-state index is -0.803. The van der Waals surface area contributed by atoms with E-state index in [4.69, 9.17) is 10.2 Å². The zero-order chi connectivity index (χ0) is 8.85. The summed E-state index contributed by atoms with van der Waals surface area (Å²) in [6.45, 7) is 1.56. The smallest absolute Gasteiger partial charge is 0.308 e. The zero-order valence-electron chi connectivity index (χ0n) is 6.78. The second-order valence-corrected chi connectivity index (χ2v) is 2.52. The minimum Gasteiger partial charge on any atom is -0.469 e. The standard InChI is InChI=1S/C7H14O4/c1-5(8)3-6(9)4-7(10)11-2/h5-6,8-9H,3-4H2,1-2H3/t5-,6-/m0/s1. The average Bonchev–Trinajstić information content (AvgIpc) is 1.85. The largest absolute Gasteiger partial charge is 0.469 e. The van der Waals surface area contributed by atoms with Crippen molar-refractivity contribution in [2.75, 3.05) is 7.11 Å². The molecule has 11 heavy (non-hydrogen) atoms. The van der Waals surface area contributed by atoms with E-state index in [1.807, 2.05) is 0 Å². The molecule has 66 valence electrons. The van der Waals surface area contributed by atoms with Crippen LogP contribution in [0.3, 0.4) is 0 Å². The Kier molecular flexibility index (Phi) is 4.81. The van der Waals surface area contributed by atoms with Gasteiger partial charge in [-0.3, -0.25) is 4.79 Å². The topological polar surface area (TPSA) is 66.8 Å². The molecule has 0 aromatic rings. The summed E-state index contributed by atoms with van der Waals surface area (Å²) in [7, 11) is 1.26. The van der Waals surface area contributed by atoms with Crippen molar-refractivity contribution in [3.05, 3.63) is 0 Å². The molecule has 0 aliphatic heterocycles. The zero-order valence-corrected chi connectivity index (χ0v) is 6.78. The first-order valence-electron chi connectivity index (χ1n) is 3.49. The number of carbonyl (C=O) groups is 1. The summed E-state index contributed by atoms with van der Waals surface area (Å²) in [4.78, 5) is 10.5. The Hall–Kier alpha value is -0.610. The summed E-state index contributed by atoms with van der Waals surface area (Å²) in [6, 6.07) is 0. The van der Waals surface area contributed by atoms with Crippen molar-refractivity contribution in [3.63, 3.8) is 0 Å². The average molecular weight is 162 g/mol. The van der Waals surface area contributed by atoms with E-state index in [-0.39, 0.29) is 12.8 Å². The van der Waals surface area contributed by atoms with Gasteiger partial charge in [0.2, 0.25) is 0 Å². The van der Waals surface area contributed by atoms with E-state index in [1.165, 1.54) is 7.11 Å². The lowest BCUT2D eigenvalue weighted by Crippen LogP contribution is -2.19. The van der Waals surface area contributed by atoms with Crippen molar-refractivity contribution in [1.29, 1.82) is 0 Å². The first kappa shape index (κ1) is 10.4. The van der Waals surface area contributed by atoms with Gasteiger partial charge in [-0.2, -0.15) is 0 Å². The fourth-order valence-electron chi connectivity index (χ4n) is 0.753. The minimum absolute atomic E-state index is 0.0542. The number of hydrogen-bond acceptors (Lipinski definition) is 4. The summed E-state index contributed by atoms with van der Waals surface area (Å²) >= 11 is 0. The van der Waals surface area contributed by atoms with Crippen LogP contribution < -0.4 is 0 Å². The predicted molar refractivity (Wildman–Crippen MR) is 38.9 cm³/mol. The predicted octanol–water partition coefficient (Wildman–Crippen LogP) is -0.319. The molecule has 0 unspecified atom stereocenters. The lowest BCUT2D eigenvalue weighted by Gasteiger charge is -2.10. The highest BCUT2D eigenvalue weighted by Crippen LogP contribution is 2.02. The van der Waals surface area contributed by atoms with Crippen LogP contribution in [0.5, 0.6) is 0 Å². The fourth-order valence-corrected chi connectivity index (χ4v) is 0.753. The van der Waals surface area contributed by atoms with Crippen LogP contribution in [-0.4, -0.2) is 35.5 Å². The molecule has 0 amide bonds. The summed E-state index contributed by atoms with van der Waals surface area (Å²) in [6.07, 6.45) is -1.24. The van der Waals surface area contributed by atoms with Crippen LogP contribution in [0.15, 0.2) is 0 Å². The van der Waals surface area contributed by atoms with Crippen molar-refractivity contribution in [2.45, 2.75) is 32.0 Å². The quantitative estimate of drug-likeness (QED) is 0.556. The van der Waals surface area contributed by atoms with Crippen molar-refractivity contribution in [3.8, 4) is 0 Å². The summed E-state index contributed by atoms with van der Waals surface area (Å²) < 4.78 is 4.32. The number of hydrogen-bond donors (Lipinski definition) is 2. The van der Waals surface area contributed by atoms with E-state index in [0.717, 1.165) is 0 Å². The molecule has 4 nitrogen and oxygen atoms in total. The number of methoxy groups -OCH3 is 1. The molecule has 0 spiro atoms. The van der Waals surface area contributed by atoms with Gasteiger partial charge in [-0.25, -0.2) is 0 Å². The van der Waals surface area contributed by atoms with Gasteiger partial charge in [0.05, 0.1) is 25.7 Å². The van der Waals surface area contributed by atoms with E-state index >= 15 is 0 Å². The van der Waals surface area contributed by atoms with Gasteiger partial charge in [0.1, 0.15) is 0 Å². The first-order chi connectivity index (χ1) is 5.06. The Bertz CT molecular complexity index is 122. The van der Waals surface area contributed by atoms with Gasteiger partial charge in [-0.1, -0.05) is 0 Å². The SMILES string of the molecule is COC(=O)C[C@@H](O)C[C@H](C)O. The number of esters is 1. The van der Waals surface area contributed by atoms with Crippen LogP contribution in [0.25, 0.3) is 0 Å². The molecular formula is C7H14O4. The maximum absolute atomic E-state index is 10.5. The van der Waals surface area contributed by atoms with Gasteiger partial charge in [0.25, 0.3) is 0 Å². The summed E-state index contributed by atoms with van der Waals surface area (Å²) in [5, 5.41) is 17.9. The first-order valence-corrected chi connectivity index (χ1v) is 3.49. The maximum atomic E-state index is 10.5. The van der Waals surface area contributed by atoms with Crippen LogP contribution in [-0.2, 0) is 9.53 Å². The second-order valence-electron chi connectivity index (χ2n) is 2.52. The molecule has 0 fully saturated rings. The molecule has 0 aliphatic carbocycles. The lowest BCUT2D eigenvalue weighted by atomic mass is 10.1. The molecule has 4 heteroatoms. The van der Waals surface area contributed by atoms with E-state index in [0.29, 0.717) is 0 Å². The van der Waals surface area contributed by atoms with Crippen LogP contribution >= 0.6 is 0 Å². The molecular weight excluding hydrogens is 148 g/mol. The van der Waals surface area contributed by atoms with Gasteiger partial charge < -0.3 is 14.9 Å². The molecule has 0 saturated heterocycles. The van der Waals surface area contributed by atoms with Crippen LogP contribution in [0.1, 0.15) is 19.8 Å². The normalized spacial score (nSPS) is 15.6. The van der Waals surface area contributed by atoms with E-state index in [1.54, 1.807) is 6.92 Å². The Morgan fingerprint density at radius 2 is 2.09 bits per heavy atom. The highest BCUT2D eigenvalue weighted by Gasteiger charge is 2.12. The Labute approximate surface area is 65.8 Å². The summed E-state index contributed by atoms with van der Waals surface area (Å²) in [5.74, 6) is -0.460. The number of rotatable bonds is 4. The molecule has 0 saturated carbocycles. The van der Waals surface area contributed by atoms with Gasteiger partial charge in [0.15, 0.2) is 0 Å². The third-order valence-corrected chi connectivity index (χ3v) is 1.24.